The van der Waals surface area contributed by atoms with Crippen LogP contribution in [0.25, 0.3) is 11.1 Å². The molecule has 0 unspecified atom stereocenters. The van der Waals surface area contributed by atoms with Crippen molar-refractivity contribution in [2.24, 2.45) is 0 Å². The number of carbonyl (C=O) groups is 2. The molecule has 1 aliphatic rings. The molecule has 0 atom stereocenters. The van der Waals surface area contributed by atoms with E-state index in [1.54, 1.807) is 24.3 Å². The molecule has 1 aliphatic heterocycles. The molecule has 9 heteroatoms. The number of benzene rings is 4. The third-order valence-corrected chi connectivity index (χ3v) is 9.10. The highest BCUT2D eigenvalue weighted by molar-refractivity contribution is 7.89. The van der Waals surface area contributed by atoms with E-state index in [0.29, 0.717) is 25.3 Å². The Kier molecular flexibility index (Phi) is 9.31. The maximum absolute atomic E-state index is 13.0. The molecule has 42 heavy (non-hydrogen) atoms. The first kappa shape index (κ1) is 29.0. The number of hydrogen-bond acceptors (Lipinski definition) is 5. The second-order valence-electron chi connectivity index (χ2n) is 10.1. The fourth-order valence-electron chi connectivity index (χ4n) is 4.83. The first-order valence-corrected chi connectivity index (χ1v) is 15.4. The highest BCUT2D eigenvalue weighted by Gasteiger charge is 2.25. The van der Waals surface area contributed by atoms with Crippen molar-refractivity contribution >= 4 is 21.8 Å². The van der Waals surface area contributed by atoms with Gasteiger partial charge in [-0.3, -0.25) is 20.4 Å². The van der Waals surface area contributed by atoms with Crippen LogP contribution < -0.4 is 15.6 Å². The fraction of sp³-hybridized carbons (Fsp3) is 0.212. The van der Waals surface area contributed by atoms with Crippen LogP contribution in [0.3, 0.4) is 0 Å². The number of hydrazine groups is 1. The van der Waals surface area contributed by atoms with Crippen molar-refractivity contribution in [3.8, 4) is 16.9 Å². The highest BCUT2D eigenvalue weighted by atomic mass is 32.2. The Labute approximate surface area is 246 Å². The van der Waals surface area contributed by atoms with Crippen molar-refractivity contribution in [2.45, 2.75) is 37.2 Å². The Morgan fingerprint density at radius 1 is 0.667 bits per heavy atom. The van der Waals surface area contributed by atoms with Gasteiger partial charge in [0.05, 0.1) is 4.90 Å². The number of carbonyl (C=O) groups excluding carboxylic acids is 2. The summed E-state index contributed by atoms with van der Waals surface area (Å²) in [6.45, 7) is 1.34. The van der Waals surface area contributed by atoms with Crippen molar-refractivity contribution < 1.29 is 22.7 Å². The first-order valence-electron chi connectivity index (χ1n) is 14.0. The van der Waals surface area contributed by atoms with Crippen LogP contribution in [0.2, 0.25) is 0 Å². The number of nitrogens with one attached hydrogen (secondary N) is 2. The van der Waals surface area contributed by atoms with Crippen molar-refractivity contribution in [3.63, 3.8) is 0 Å². The number of hydrogen-bond donors (Lipinski definition) is 2. The summed E-state index contributed by atoms with van der Waals surface area (Å²) in [7, 11) is -3.61. The van der Waals surface area contributed by atoms with Gasteiger partial charge in [-0.15, -0.1) is 0 Å². The summed E-state index contributed by atoms with van der Waals surface area (Å²) in [4.78, 5) is 25.4. The van der Waals surface area contributed by atoms with Gasteiger partial charge in [0.1, 0.15) is 12.4 Å². The average molecular weight is 584 g/mol. The summed E-state index contributed by atoms with van der Waals surface area (Å²) in [6.07, 6.45) is 3.75. The molecule has 0 spiro atoms. The number of sulfonamides is 1. The van der Waals surface area contributed by atoms with E-state index in [2.05, 4.69) is 10.9 Å². The Balaban J connectivity index is 1.14. The van der Waals surface area contributed by atoms with E-state index in [0.717, 1.165) is 48.1 Å². The van der Waals surface area contributed by atoms with Gasteiger partial charge < -0.3 is 4.74 Å². The fourth-order valence-corrected chi connectivity index (χ4v) is 6.35. The van der Waals surface area contributed by atoms with E-state index in [1.165, 1.54) is 28.6 Å². The van der Waals surface area contributed by atoms with Gasteiger partial charge >= 0.3 is 0 Å². The summed E-state index contributed by atoms with van der Waals surface area (Å²) in [6, 6.07) is 30.5. The predicted octanol–water partition coefficient (Wildman–Crippen LogP) is 5.57. The minimum Gasteiger partial charge on any atom is -0.488 e. The molecule has 0 bridgehead atoms. The maximum Gasteiger partial charge on any atom is 0.269 e. The van der Waals surface area contributed by atoms with Crippen molar-refractivity contribution in [1.82, 2.24) is 15.2 Å². The molecule has 5 rings (SSSR count). The molecule has 4 aromatic carbocycles. The number of rotatable bonds is 8. The predicted molar refractivity (Wildman–Crippen MR) is 161 cm³/mol. The van der Waals surface area contributed by atoms with Gasteiger partial charge in [-0.2, -0.15) is 4.31 Å². The quantitative estimate of drug-likeness (QED) is 0.264. The van der Waals surface area contributed by atoms with E-state index < -0.39 is 21.8 Å². The molecule has 0 radical (unpaired) electrons. The number of para-hydroxylation sites is 1. The SMILES string of the molecule is O=C(NNC(=O)c1ccc(S(=O)(=O)N2CCCCCC2)cc1)c1ccc(COc2ccccc2-c2ccccc2)cc1. The zero-order valence-corrected chi connectivity index (χ0v) is 24.0. The van der Waals surface area contributed by atoms with Crippen LogP contribution in [0.5, 0.6) is 5.75 Å². The summed E-state index contributed by atoms with van der Waals surface area (Å²) in [5.74, 6) is -0.268. The minimum absolute atomic E-state index is 0.151. The zero-order valence-electron chi connectivity index (χ0n) is 23.2. The molecule has 1 heterocycles. The number of amides is 2. The lowest BCUT2D eigenvalue weighted by Crippen LogP contribution is -2.41. The second kappa shape index (κ2) is 13.5. The van der Waals surface area contributed by atoms with Crippen LogP contribution in [0, 0.1) is 0 Å². The Bertz CT molecular complexity index is 1610. The number of nitrogens with zero attached hydrogens (tertiary/aromatic N) is 1. The molecule has 0 saturated carbocycles. The van der Waals surface area contributed by atoms with Crippen molar-refractivity contribution in [3.05, 3.63) is 120 Å². The van der Waals surface area contributed by atoms with Gasteiger partial charge in [0.15, 0.2) is 0 Å². The van der Waals surface area contributed by atoms with Crippen LogP contribution in [0.15, 0.2) is 108 Å². The molecule has 0 aromatic heterocycles. The van der Waals surface area contributed by atoms with Gasteiger partial charge in [0.2, 0.25) is 10.0 Å². The van der Waals surface area contributed by atoms with E-state index in [1.807, 2.05) is 54.6 Å². The molecule has 1 fully saturated rings. The maximum atomic E-state index is 13.0. The largest absolute Gasteiger partial charge is 0.488 e. The molecule has 2 N–H and O–H groups in total. The Hall–Kier alpha value is -4.47. The van der Waals surface area contributed by atoms with Gasteiger partial charge in [-0.05, 0) is 66.4 Å². The van der Waals surface area contributed by atoms with Crippen molar-refractivity contribution in [2.75, 3.05) is 13.1 Å². The molecule has 8 nitrogen and oxygen atoms in total. The first-order chi connectivity index (χ1) is 20.4. The average Bonchev–Trinajstić information content (AvgIpc) is 3.34. The van der Waals surface area contributed by atoms with Crippen LogP contribution in [0.1, 0.15) is 52.0 Å². The monoisotopic (exact) mass is 583 g/mol. The Morgan fingerprint density at radius 2 is 1.21 bits per heavy atom. The zero-order chi connectivity index (χ0) is 29.4. The van der Waals surface area contributed by atoms with Gasteiger partial charge in [-0.1, -0.05) is 73.5 Å². The lowest BCUT2D eigenvalue weighted by molar-refractivity contribution is 0.0846. The molecule has 216 valence electrons. The topological polar surface area (TPSA) is 105 Å². The second-order valence-corrected chi connectivity index (χ2v) is 12.0. The lowest BCUT2D eigenvalue weighted by atomic mass is 10.0. The summed E-state index contributed by atoms with van der Waals surface area (Å²) in [5, 5.41) is 0. The summed E-state index contributed by atoms with van der Waals surface area (Å²) >= 11 is 0. The van der Waals surface area contributed by atoms with Crippen LogP contribution in [-0.2, 0) is 16.6 Å². The smallest absolute Gasteiger partial charge is 0.269 e. The van der Waals surface area contributed by atoms with Crippen LogP contribution in [0.4, 0.5) is 0 Å². The van der Waals surface area contributed by atoms with Crippen molar-refractivity contribution in [1.29, 1.82) is 0 Å². The minimum atomic E-state index is -3.61. The molecular weight excluding hydrogens is 550 g/mol. The molecular formula is C33H33N3O5S. The summed E-state index contributed by atoms with van der Waals surface area (Å²) < 4.78 is 33.5. The normalized spacial score (nSPS) is 14.0. The van der Waals surface area contributed by atoms with Gasteiger partial charge in [-0.25, -0.2) is 8.42 Å². The third-order valence-electron chi connectivity index (χ3n) is 7.19. The highest BCUT2D eigenvalue weighted by Crippen LogP contribution is 2.30. The van der Waals surface area contributed by atoms with E-state index in [4.69, 9.17) is 4.74 Å². The van der Waals surface area contributed by atoms with Crippen LogP contribution in [-0.4, -0.2) is 37.6 Å². The number of ether oxygens (including phenoxy) is 1. The van der Waals surface area contributed by atoms with E-state index in [-0.39, 0.29) is 10.5 Å². The van der Waals surface area contributed by atoms with Gasteiger partial charge in [0, 0.05) is 29.8 Å². The standard InChI is InChI=1S/C33H33N3O5S/c37-32(34-35-33(38)28-18-20-29(21-19-28)42(39,40)36-22-8-1-2-9-23-36)27-16-14-25(15-17-27)24-41-31-13-7-6-12-30(31)26-10-4-3-5-11-26/h3-7,10-21H,1-2,8-9,22-24H2,(H,34,37)(H,35,38). The molecule has 2 amide bonds. The molecule has 4 aromatic rings. The molecule has 1 saturated heterocycles. The third kappa shape index (κ3) is 7.05. The van der Waals surface area contributed by atoms with E-state index in [9.17, 15) is 18.0 Å². The molecule has 0 aliphatic carbocycles. The summed E-state index contributed by atoms with van der Waals surface area (Å²) in [5.41, 5.74) is 8.34. The lowest BCUT2D eigenvalue weighted by Gasteiger charge is -2.20. The Morgan fingerprint density at radius 3 is 1.83 bits per heavy atom. The van der Waals surface area contributed by atoms with E-state index >= 15 is 0 Å². The van der Waals surface area contributed by atoms with Crippen LogP contribution >= 0.6 is 0 Å². The van der Waals surface area contributed by atoms with Gasteiger partial charge in [0.25, 0.3) is 11.8 Å².